The summed E-state index contributed by atoms with van der Waals surface area (Å²) in [5.74, 6) is 0.522. The fraction of sp³-hybridized carbons (Fsp3) is 0.0702. The van der Waals surface area contributed by atoms with Gasteiger partial charge in [-0.2, -0.15) is 0 Å². The van der Waals surface area contributed by atoms with Crippen molar-refractivity contribution >= 4 is 22.2 Å². The maximum atomic E-state index is 5.18. The molecule has 0 spiro atoms. The maximum Gasteiger partial charge on any atom is 0.0675 e. The molecule has 1 aliphatic carbocycles. The second kappa shape index (κ2) is 14.4. The van der Waals surface area contributed by atoms with Gasteiger partial charge < -0.3 is 0 Å². The van der Waals surface area contributed by atoms with E-state index in [4.69, 9.17) is 4.99 Å². The summed E-state index contributed by atoms with van der Waals surface area (Å²) in [6, 6.07) is 78.2. The van der Waals surface area contributed by atoms with E-state index in [2.05, 4.69) is 212 Å². The molecule has 0 saturated carbocycles. The first-order valence-electron chi connectivity index (χ1n) is 20.5. The minimum absolute atomic E-state index is 0.189. The normalized spacial score (nSPS) is 14.2. The van der Waals surface area contributed by atoms with Gasteiger partial charge >= 0.3 is 0 Å². The van der Waals surface area contributed by atoms with Crippen molar-refractivity contribution in [3.8, 4) is 44.5 Å². The van der Waals surface area contributed by atoms with Crippen LogP contribution in [0.5, 0.6) is 0 Å². The van der Waals surface area contributed by atoms with E-state index in [-0.39, 0.29) is 5.92 Å². The van der Waals surface area contributed by atoms with E-state index >= 15 is 0 Å². The minimum Gasteiger partial charge on any atom is -0.251 e. The second-order valence-corrected chi connectivity index (χ2v) is 15.9. The van der Waals surface area contributed by atoms with Crippen molar-refractivity contribution in [2.45, 2.75) is 24.7 Å². The van der Waals surface area contributed by atoms with Crippen LogP contribution in [0.25, 0.3) is 55.3 Å². The lowest BCUT2D eigenvalue weighted by molar-refractivity contribution is 0.680. The SMILES string of the molecule is c1ccc(-c2ccc(CC(Cc3ccc4cc(-c5ccc6c(c5)-c5ccccc5C5C6=Nc6ccccc65)ccc4c3)c3ccc(-c4ccccc4)cc3)cc2)cc1. The second-order valence-electron chi connectivity index (χ2n) is 15.9. The molecular weight excluding hydrogens is 699 g/mol. The summed E-state index contributed by atoms with van der Waals surface area (Å²) in [5, 5.41) is 2.53. The summed E-state index contributed by atoms with van der Waals surface area (Å²) in [7, 11) is 0. The van der Waals surface area contributed by atoms with Crippen LogP contribution in [-0.2, 0) is 12.8 Å². The highest BCUT2D eigenvalue weighted by Gasteiger charge is 2.36. The van der Waals surface area contributed by atoms with Gasteiger partial charge in [-0.3, -0.25) is 4.99 Å². The summed E-state index contributed by atoms with van der Waals surface area (Å²) < 4.78 is 0. The number of benzene rings is 9. The molecule has 2 atom stereocenters. The molecule has 0 bridgehead atoms. The van der Waals surface area contributed by atoms with Gasteiger partial charge in [-0.25, -0.2) is 0 Å². The molecule has 9 aromatic carbocycles. The number of fused-ring (bicyclic) bond motifs is 9. The minimum atomic E-state index is 0.189. The van der Waals surface area contributed by atoms with Crippen molar-refractivity contribution in [2.75, 3.05) is 0 Å². The van der Waals surface area contributed by atoms with Gasteiger partial charge in [0.2, 0.25) is 0 Å². The molecule has 58 heavy (non-hydrogen) atoms. The Balaban J connectivity index is 0.895. The van der Waals surface area contributed by atoms with E-state index in [1.165, 1.54) is 94.4 Å². The van der Waals surface area contributed by atoms with E-state index in [1.54, 1.807) is 0 Å². The number of aliphatic imine (C=N–C) groups is 1. The molecule has 9 aromatic rings. The average molecular weight is 740 g/mol. The lowest BCUT2D eigenvalue weighted by Gasteiger charge is -2.27. The summed E-state index contributed by atoms with van der Waals surface area (Å²) in [6.07, 6.45) is 1.93. The molecule has 1 aliphatic heterocycles. The van der Waals surface area contributed by atoms with Crippen molar-refractivity contribution in [2.24, 2.45) is 4.99 Å². The lowest BCUT2D eigenvalue weighted by Crippen LogP contribution is -2.18. The number of hydrogen-bond donors (Lipinski definition) is 0. The number of nitrogens with zero attached hydrogens (tertiary/aromatic N) is 1. The number of para-hydroxylation sites is 1. The van der Waals surface area contributed by atoms with Crippen LogP contribution in [0, 0.1) is 0 Å². The Morgan fingerprint density at radius 3 is 1.66 bits per heavy atom. The average Bonchev–Trinajstić information content (AvgIpc) is 3.70. The predicted octanol–water partition coefficient (Wildman–Crippen LogP) is 14.7. The first-order valence-corrected chi connectivity index (χ1v) is 20.5. The van der Waals surface area contributed by atoms with E-state index in [1.807, 2.05) is 0 Å². The molecule has 0 saturated heterocycles. The zero-order valence-electron chi connectivity index (χ0n) is 32.2. The van der Waals surface area contributed by atoms with Gasteiger partial charge in [0.1, 0.15) is 0 Å². The van der Waals surface area contributed by atoms with E-state index in [0.29, 0.717) is 5.92 Å². The fourth-order valence-electron chi connectivity index (χ4n) is 9.39. The zero-order chi connectivity index (χ0) is 38.4. The number of rotatable bonds is 8. The Kier molecular flexibility index (Phi) is 8.51. The molecular formula is C57H41N. The third-order valence-electron chi connectivity index (χ3n) is 12.4. The molecule has 1 heteroatoms. The van der Waals surface area contributed by atoms with Crippen LogP contribution in [0.3, 0.4) is 0 Å². The molecule has 11 rings (SSSR count). The summed E-state index contributed by atoms with van der Waals surface area (Å²) in [6.45, 7) is 0. The van der Waals surface area contributed by atoms with Gasteiger partial charge in [0.15, 0.2) is 0 Å². The van der Waals surface area contributed by atoms with Crippen molar-refractivity contribution in [1.82, 2.24) is 0 Å². The van der Waals surface area contributed by atoms with Gasteiger partial charge in [-0.15, -0.1) is 0 Å². The molecule has 0 aromatic heterocycles. The van der Waals surface area contributed by atoms with Gasteiger partial charge in [-0.1, -0.05) is 194 Å². The van der Waals surface area contributed by atoms with Crippen LogP contribution in [0.2, 0.25) is 0 Å². The summed E-state index contributed by atoms with van der Waals surface area (Å²) in [5.41, 5.74) is 20.3. The van der Waals surface area contributed by atoms with Crippen LogP contribution < -0.4 is 0 Å². The summed E-state index contributed by atoms with van der Waals surface area (Å²) >= 11 is 0. The Labute approximate surface area is 340 Å². The molecule has 1 nitrogen and oxygen atoms in total. The quantitative estimate of drug-likeness (QED) is 0.147. The van der Waals surface area contributed by atoms with Crippen LogP contribution in [0.1, 0.15) is 45.2 Å². The molecule has 0 radical (unpaired) electrons. The molecule has 2 aliphatic rings. The molecule has 2 unspecified atom stereocenters. The third-order valence-corrected chi connectivity index (χ3v) is 12.4. The molecule has 0 fully saturated rings. The first-order chi connectivity index (χ1) is 28.7. The van der Waals surface area contributed by atoms with Crippen molar-refractivity contribution in [1.29, 1.82) is 0 Å². The van der Waals surface area contributed by atoms with Gasteiger partial charge in [0, 0.05) is 5.56 Å². The standard InChI is InChI=1S/C57H41N/c1-3-11-40(12-4-1)42-22-19-38(20-23-42)33-49(44-27-25-43(26-28-44)41-13-5-2-6-14-41)35-39-21-24-46-36-47(30-29-45(46)34-39)48-31-32-52-54(37-48)50-15-7-8-16-51(50)56-53-17-9-10-18-55(53)58-57(52)56/h1-32,34,36-37,49,56H,33,35H2. The van der Waals surface area contributed by atoms with Crippen molar-refractivity contribution in [3.05, 3.63) is 246 Å². The van der Waals surface area contributed by atoms with E-state index in [9.17, 15) is 0 Å². The highest BCUT2D eigenvalue weighted by molar-refractivity contribution is 6.18. The highest BCUT2D eigenvalue weighted by atomic mass is 14.8. The van der Waals surface area contributed by atoms with Gasteiger partial charge in [0.05, 0.1) is 17.3 Å². The molecule has 274 valence electrons. The molecule has 0 N–H and O–H groups in total. The van der Waals surface area contributed by atoms with Crippen LogP contribution in [-0.4, -0.2) is 5.71 Å². The molecule has 0 amide bonds. The topological polar surface area (TPSA) is 12.4 Å². The Morgan fingerprint density at radius 1 is 0.362 bits per heavy atom. The lowest BCUT2D eigenvalue weighted by atomic mass is 9.75. The van der Waals surface area contributed by atoms with Crippen LogP contribution >= 0.6 is 0 Å². The number of hydrogen-bond acceptors (Lipinski definition) is 1. The predicted molar refractivity (Wildman–Crippen MR) is 243 cm³/mol. The van der Waals surface area contributed by atoms with Gasteiger partial charge in [0.25, 0.3) is 0 Å². The van der Waals surface area contributed by atoms with E-state index < -0.39 is 0 Å². The van der Waals surface area contributed by atoms with Crippen LogP contribution in [0.4, 0.5) is 5.69 Å². The first kappa shape index (κ1) is 34.2. The highest BCUT2D eigenvalue weighted by Crippen LogP contribution is 2.50. The third kappa shape index (κ3) is 6.26. The smallest absolute Gasteiger partial charge is 0.0675 e. The largest absolute Gasteiger partial charge is 0.251 e. The Hall–Kier alpha value is -7.09. The molecule has 1 heterocycles. The van der Waals surface area contributed by atoms with E-state index in [0.717, 1.165) is 18.5 Å². The zero-order valence-corrected chi connectivity index (χ0v) is 32.2. The van der Waals surface area contributed by atoms with Crippen LogP contribution in [0.15, 0.2) is 217 Å². The Bertz CT molecular complexity index is 2980. The van der Waals surface area contributed by atoms with Crippen molar-refractivity contribution < 1.29 is 0 Å². The van der Waals surface area contributed by atoms with Crippen molar-refractivity contribution in [3.63, 3.8) is 0 Å². The monoisotopic (exact) mass is 739 g/mol. The Morgan fingerprint density at radius 2 is 0.897 bits per heavy atom. The fourth-order valence-corrected chi connectivity index (χ4v) is 9.39. The van der Waals surface area contributed by atoms with Gasteiger partial charge in [-0.05, 0) is 120 Å². The maximum absolute atomic E-state index is 5.18. The summed E-state index contributed by atoms with van der Waals surface area (Å²) in [4.78, 5) is 5.18.